The van der Waals surface area contributed by atoms with Crippen molar-refractivity contribution in [1.82, 2.24) is 62.6 Å². The maximum atomic E-state index is 14.3. The topological polar surface area (TPSA) is 509 Å². The van der Waals surface area contributed by atoms with Crippen molar-refractivity contribution in [3.63, 3.8) is 0 Å². The minimum atomic E-state index is -1.66. The molecule has 0 radical (unpaired) electrons. The number of aliphatic carboxylic acids is 2. The summed E-state index contributed by atoms with van der Waals surface area (Å²) in [6.07, 6.45) is 2.37. The molecule has 2 unspecified atom stereocenters. The largest absolute Gasteiger partial charge is 0.481 e. The number of nitrogens with one attached hydrogen (secondary N) is 9. The van der Waals surface area contributed by atoms with Gasteiger partial charge in [0, 0.05) is 82.1 Å². The number of carbonyl (C=O) groups is 15. The molecule has 550 valence electrons. The van der Waals surface area contributed by atoms with E-state index >= 15 is 0 Å². The Labute approximate surface area is 576 Å². The molecule has 0 aromatic heterocycles. The number of nitrogens with zero attached hydrogens (tertiary/aromatic N) is 3. The molecule has 0 spiro atoms. The third-order valence-corrected chi connectivity index (χ3v) is 19.3. The molecule has 5 heterocycles. The lowest BCUT2D eigenvalue weighted by Crippen LogP contribution is -2.59. The molecule has 0 aromatic rings. The highest BCUT2D eigenvalue weighted by atomic mass is 32.2. The summed E-state index contributed by atoms with van der Waals surface area (Å²) < 4.78 is 16.4. The van der Waals surface area contributed by atoms with E-state index < -0.39 is 170 Å². The second-order valence-electron chi connectivity index (χ2n) is 24.6. The van der Waals surface area contributed by atoms with Gasteiger partial charge in [-0.1, -0.05) is 6.42 Å². The number of Topliss-reactive ketones (excluding diaryl/α,β-unsaturated/α-hetero) is 2. The molecule has 5 aliphatic heterocycles. The van der Waals surface area contributed by atoms with Crippen LogP contribution >= 0.6 is 24.4 Å². The fourth-order valence-corrected chi connectivity index (χ4v) is 14.1. The Bertz CT molecular complexity index is 2790. The average molecular weight is 1430 g/mol. The molecule has 15 N–H and O–H groups in total. The van der Waals surface area contributed by atoms with Gasteiger partial charge >= 0.3 is 24.0 Å². The number of hydrogen-bond donors (Lipinski definition) is 15. The molecule has 5 rings (SSSR count). The summed E-state index contributed by atoms with van der Waals surface area (Å²) in [5, 5.41) is 63.5. The minimum Gasteiger partial charge on any atom is -0.481 e. The molecule has 5 fully saturated rings. The number of rotatable bonds is 46. The molecule has 37 heteroatoms. The van der Waals surface area contributed by atoms with Crippen molar-refractivity contribution < 1.29 is 107 Å². The highest BCUT2D eigenvalue weighted by Crippen LogP contribution is 2.33. The van der Waals surface area contributed by atoms with Crippen LogP contribution in [0.15, 0.2) is 0 Å². The van der Waals surface area contributed by atoms with Crippen LogP contribution < -0.4 is 53.6 Å². The number of carbonyl (C=O) groups excluding carboxylic acids is 13. The first-order chi connectivity index (χ1) is 46.9. The Hall–Kier alpha value is -7.45. The number of thioether (sulfide) groups is 1. The van der Waals surface area contributed by atoms with Gasteiger partial charge in [0.1, 0.15) is 42.9 Å². The van der Waals surface area contributed by atoms with E-state index in [0.717, 1.165) is 29.9 Å². The van der Waals surface area contributed by atoms with Crippen LogP contribution in [0, 0.1) is 5.92 Å². The number of amides is 13. The van der Waals surface area contributed by atoms with Gasteiger partial charge < -0.3 is 103 Å². The van der Waals surface area contributed by atoms with Gasteiger partial charge in [-0.25, -0.2) is 9.59 Å². The number of likely N-dealkylation sites (tertiary alicyclic amines) is 3. The van der Waals surface area contributed by atoms with Gasteiger partial charge in [0.15, 0.2) is 11.6 Å². The van der Waals surface area contributed by atoms with E-state index in [2.05, 4.69) is 60.5 Å². The first kappa shape index (κ1) is 81.2. The molecule has 13 amide bonds. The lowest BCUT2D eigenvalue weighted by Gasteiger charge is -2.33. The van der Waals surface area contributed by atoms with Crippen LogP contribution in [0.5, 0.6) is 0 Å². The van der Waals surface area contributed by atoms with Crippen LogP contribution in [0.3, 0.4) is 0 Å². The normalized spacial score (nSPS) is 21.2. The van der Waals surface area contributed by atoms with Gasteiger partial charge in [0.2, 0.25) is 53.2 Å². The zero-order valence-electron chi connectivity index (χ0n) is 55.2. The van der Waals surface area contributed by atoms with Gasteiger partial charge in [-0.05, 0) is 83.5 Å². The summed E-state index contributed by atoms with van der Waals surface area (Å²) in [6.45, 7) is 1.13. The fraction of sp³-hybridized carbons (Fsp3) is 0.754. The fourth-order valence-electron chi connectivity index (χ4n) is 12.2. The van der Waals surface area contributed by atoms with E-state index in [-0.39, 0.29) is 127 Å². The van der Waals surface area contributed by atoms with Crippen LogP contribution in [-0.2, 0) is 76.5 Å². The molecule has 0 saturated carbocycles. The molecule has 98 heavy (non-hydrogen) atoms. The highest BCUT2D eigenvalue weighted by molar-refractivity contribution is 8.00. The van der Waals surface area contributed by atoms with Crippen molar-refractivity contribution in [3.8, 4) is 0 Å². The molecule has 12 atom stereocenters. The van der Waals surface area contributed by atoms with Crippen LogP contribution in [0.25, 0.3) is 0 Å². The maximum absolute atomic E-state index is 14.3. The molecular weight excluding hydrogens is 1330 g/mol. The summed E-state index contributed by atoms with van der Waals surface area (Å²) in [7, 11) is 0. The minimum absolute atomic E-state index is 0.0130. The predicted molar refractivity (Wildman–Crippen MR) is 350 cm³/mol. The number of carboxylic acids is 2. The summed E-state index contributed by atoms with van der Waals surface area (Å²) in [5.74, 6) is -11.2. The molecule has 5 aliphatic rings. The quantitative estimate of drug-likeness (QED) is 0.0157. The summed E-state index contributed by atoms with van der Waals surface area (Å²) >= 11 is 5.81. The Morgan fingerprint density at radius 1 is 0.612 bits per heavy atom. The first-order valence-corrected chi connectivity index (χ1v) is 35.0. The Kier molecular flexibility index (Phi) is 35.2. The third-order valence-electron chi connectivity index (χ3n) is 17.4. The van der Waals surface area contributed by atoms with Crippen LogP contribution in [0.1, 0.15) is 122 Å². The number of unbranched alkanes of at least 4 members (excludes halogenated alkanes) is 2. The molecule has 0 aromatic carbocycles. The number of primary amides is 1. The number of fused-ring (bicyclic) bond motifs is 1. The Morgan fingerprint density at radius 3 is 1.84 bits per heavy atom. The van der Waals surface area contributed by atoms with Crippen LogP contribution in [0.4, 0.5) is 9.59 Å². The standard InChI is InChI=1S/C61H97N13O22S2/c1-35(77)65-39(9-4-5-19-63-49(80)32-96-28-27-95-26-25-94-24-20-64-48(79)14-3-2-13-47-52-42(34-98-47)69-60(92)71-52)58(90)72-21-6-10-43(72)46(78)29-36(30-75)55(87)67-40(31-76)53(85)44-11-7-22-73(44)59(91)45-12-8-23-74(45)61(93)70-38(16-18-51(83)84)57(89)66-37(15-17-50(81)82)56(88)68-41(33-97)54(62)86/h36-45,47,52,75-76,97H,2-34H2,1H3,(H2,62,86)(H,63,80)(H,64,79)(H,65,77)(H,66,89)(H,67,87)(H,68,88)(H,70,93)(H,81,82)(H,83,84)(H2,69,71,92)/t36-,37-,38-,39-,40-,41-,42-,43-,44?,45?,47-,52-/m0/s1. The van der Waals surface area contributed by atoms with Gasteiger partial charge in [-0.3, -0.25) is 62.3 Å². The van der Waals surface area contributed by atoms with Gasteiger partial charge in [-0.15, -0.1) is 0 Å². The van der Waals surface area contributed by atoms with Crippen molar-refractivity contribution >= 4 is 113 Å². The van der Waals surface area contributed by atoms with E-state index in [1.807, 2.05) is 11.8 Å². The number of hydrogen-bond acceptors (Lipinski definition) is 22. The lowest BCUT2D eigenvalue weighted by atomic mass is 9.95. The SMILES string of the molecule is CC(=O)N[C@@H](CCCCNC(=O)COCCOCCOCCNC(=O)CCCC[C@@H]1SC[C@@H]2NC(=O)N[C@@H]21)C(=O)N1CCC[C@H]1C(=O)C[C@@H](CO)C(=O)N[C@@H](CO)C(=O)C1CCCN1C(=O)C1CCCN1C(=O)N[C@@H](CCC(=O)O)C(=O)N[C@@H](CCC(=O)O)C(=O)N[C@@H](CS)C(N)=O. The van der Waals surface area contributed by atoms with Crippen molar-refractivity contribution in [2.24, 2.45) is 11.7 Å². The number of urea groups is 2. The first-order valence-electron chi connectivity index (χ1n) is 33.3. The lowest BCUT2D eigenvalue weighted by molar-refractivity contribution is -0.143. The second-order valence-corrected chi connectivity index (χ2v) is 26.2. The van der Waals surface area contributed by atoms with Crippen molar-refractivity contribution in [1.29, 1.82) is 0 Å². The van der Waals surface area contributed by atoms with Crippen molar-refractivity contribution in [2.45, 2.75) is 188 Å². The summed E-state index contributed by atoms with van der Waals surface area (Å²) in [4.78, 5) is 198. The zero-order valence-corrected chi connectivity index (χ0v) is 56.9. The molecule has 0 aliphatic carbocycles. The van der Waals surface area contributed by atoms with Crippen LogP contribution in [-0.4, -0.2) is 287 Å². The van der Waals surface area contributed by atoms with E-state index in [9.17, 15) is 92.3 Å². The highest BCUT2D eigenvalue weighted by Gasteiger charge is 2.46. The number of carboxylic acid groups (broad SMARTS) is 2. The Balaban J connectivity index is 1.01. The second kappa shape index (κ2) is 42.5. The number of ether oxygens (including phenoxy) is 3. The van der Waals surface area contributed by atoms with E-state index in [1.54, 1.807) is 0 Å². The van der Waals surface area contributed by atoms with Gasteiger partial charge in [0.25, 0.3) is 0 Å². The average Bonchev–Trinajstić information content (AvgIpc) is 1.65. The molecule has 35 nitrogen and oxygen atoms in total. The monoisotopic (exact) mass is 1430 g/mol. The van der Waals surface area contributed by atoms with Crippen LogP contribution in [0.2, 0.25) is 0 Å². The smallest absolute Gasteiger partial charge is 0.318 e. The van der Waals surface area contributed by atoms with E-state index in [0.29, 0.717) is 50.7 Å². The maximum Gasteiger partial charge on any atom is 0.318 e. The van der Waals surface area contributed by atoms with Gasteiger partial charge in [-0.2, -0.15) is 24.4 Å². The number of aliphatic hydroxyl groups is 2. The number of ketones is 2. The number of thiol groups is 1. The predicted octanol–water partition coefficient (Wildman–Crippen LogP) is -4.08. The van der Waals surface area contributed by atoms with Crippen molar-refractivity contribution in [3.05, 3.63) is 0 Å². The number of aliphatic hydroxyl groups excluding tert-OH is 2. The van der Waals surface area contributed by atoms with E-state index in [4.69, 9.17) is 19.9 Å². The molecular formula is C61H97N13O22S2. The Morgan fingerprint density at radius 2 is 1.20 bits per heavy atom. The number of nitrogens with two attached hydrogens (primary N) is 1. The zero-order chi connectivity index (χ0) is 71.8. The van der Waals surface area contributed by atoms with Crippen molar-refractivity contribution in [2.75, 3.05) is 97.1 Å². The van der Waals surface area contributed by atoms with Gasteiger partial charge in [0.05, 0.1) is 76.3 Å². The summed E-state index contributed by atoms with van der Waals surface area (Å²) in [5.41, 5.74) is 5.29. The molecule has 5 saturated heterocycles. The third kappa shape index (κ3) is 26.3. The summed E-state index contributed by atoms with van der Waals surface area (Å²) in [6, 6.07) is -11.5. The van der Waals surface area contributed by atoms with E-state index in [1.165, 1.54) is 16.7 Å². The molecule has 0 bridgehead atoms.